The van der Waals surface area contributed by atoms with Crippen molar-refractivity contribution in [3.8, 4) is 0 Å². The van der Waals surface area contributed by atoms with E-state index in [0.717, 1.165) is 14.6 Å². The van der Waals surface area contributed by atoms with E-state index in [2.05, 4.69) is 31.9 Å². The molecule has 0 saturated heterocycles. The van der Waals surface area contributed by atoms with E-state index in [-0.39, 0.29) is 5.69 Å². The van der Waals surface area contributed by atoms with Crippen molar-refractivity contribution < 1.29 is 4.92 Å². The van der Waals surface area contributed by atoms with Crippen molar-refractivity contribution in [2.75, 3.05) is 0 Å². The fourth-order valence-electron chi connectivity index (χ4n) is 1.17. The number of rotatable bonds is 1. The first-order chi connectivity index (χ1) is 6.61. The van der Waals surface area contributed by atoms with Crippen molar-refractivity contribution in [1.82, 2.24) is 0 Å². The van der Waals surface area contributed by atoms with Gasteiger partial charge in [-0.05, 0) is 43.3 Å². The zero-order valence-electron chi connectivity index (χ0n) is 6.66. The third-order valence-corrected chi connectivity index (χ3v) is 5.14. The SMILES string of the molecule is O=[N+]([O-])c1cc2ccsc2c(Br)c1Br. The number of halogens is 2. The molecule has 6 heteroatoms. The van der Waals surface area contributed by atoms with Crippen LogP contribution in [0.1, 0.15) is 0 Å². The smallest absolute Gasteiger partial charge is 0.258 e. The van der Waals surface area contributed by atoms with E-state index in [1.165, 1.54) is 0 Å². The minimum Gasteiger partial charge on any atom is -0.258 e. The number of benzene rings is 1. The van der Waals surface area contributed by atoms with E-state index in [4.69, 9.17) is 0 Å². The summed E-state index contributed by atoms with van der Waals surface area (Å²) in [5.41, 5.74) is 0.0859. The third-order valence-electron chi connectivity index (χ3n) is 1.80. The molecule has 0 spiro atoms. The molecule has 0 unspecified atom stereocenters. The molecular weight excluding hydrogens is 334 g/mol. The molecule has 0 N–H and O–H groups in total. The average molecular weight is 337 g/mol. The maximum absolute atomic E-state index is 10.7. The Morgan fingerprint density at radius 1 is 1.36 bits per heavy atom. The quantitative estimate of drug-likeness (QED) is 0.574. The average Bonchev–Trinajstić information content (AvgIpc) is 2.58. The first-order valence-electron chi connectivity index (χ1n) is 3.61. The van der Waals surface area contributed by atoms with Crippen molar-refractivity contribution in [3.63, 3.8) is 0 Å². The van der Waals surface area contributed by atoms with E-state index in [1.807, 2.05) is 11.4 Å². The molecule has 2 aromatic rings. The molecule has 3 nitrogen and oxygen atoms in total. The zero-order chi connectivity index (χ0) is 10.3. The lowest BCUT2D eigenvalue weighted by atomic mass is 10.2. The summed E-state index contributed by atoms with van der Waals surface area (Å²) >= 11 is 8.09. The molecule has 0 saturated carbocycles. The number of hydrogen-bond acceptors (Lipinski definition) is 3. The van der Waals surface area contributed by atoms with Gasteiger partial charge in [0.05, 0.1) is 14.1 Å². The Hall–Kier alpha value is -0.460. The predicted molar refractivity (Wildman–Crippen MR) is 63.9 cm³/mol. The second kappa shape index (κ2) is 3.60. The summed E-state index contributed by atoms with van der Waals surface area (Å²) in [5, 5.41) is 13.5. The first-order valence-corrected chi connectivity index (χ1v) is 6.07. The molecule has 0 fully saturated rings. The van der Waals surface area contributed by atoms with Crippen LogP contribution in [0.3, 0.4) is 0 Å². The highest BCUT2D eigenvalue weighted by Crippen LogP contribution is 2.40. The van der Waals surface area contributed by atoms with Crippen LogP contribution in [0.4, 0.5) is 5.69 Å². The largest absolute Gasteiger partial charge is 0.285 e. The van der Waals surface area contributed by atoms with Crippen LogP contribution < -0.4 is 0 Å². The van der Waals surface area contributed by atoms with E-state index < -0.39 is 4.92 Å². The number of nitrogens with zero attached hydrogens (tertiary/aromatic N) is 1. The molecule has 0 amide bonds. The van der Waals surface area contributed by atoms with Gasteiger partial charge in [0.25, 0.3) is 5.69 Å². The number of thiophene rings is 1. The van der Waals surface area contributed by atoms with E-state index >= 15 is 0 Å². The van der Waals surface area contributed by atoms with Crippen LogP contribution in [0.5, 0.6) is 0 Å². The Balaban J connectivity index is 2.87. The van der Waals surface area contributed by atoms with Gasteiger partial charge in [0.15, 0.2) is 0 Å². The lowest BCUT2D eigenvalue weighted by Gasteiger charge is -1.99. The van der Waals surface area contributed by atoms with Crippen molar-refractivity contribution in [2.45, 2.75) is 0 Å². The van der Waals surface area contributed by atoms with Gasteiger partial charge in [0, 0.05) is 11.5 Å². The molecule has 0 atom stereocenters. The molecule has 0 aliphatic carbocycles. The molecule has 72 valence electrons. The Labute approximate surface area is 100 Å². The monoisotopic (exact) mass is 335 g/mol. The highest BCUT2D eigenvalue weighted by molar-refractivity contribution is 9.13. The zero-order valence-corrected chi connectivity index (χ0v) is 10.6. The molecular formula is C8H3Br2NO2S. The number of nitro groups is 1. The van der Waals surface area contributed by atoms with Crippen molar-refractivity contribution >= 4 is 59.0 Å². The number of fused-ring (bicyclic) bond motifs is 1. The van der Waals surface area contributed by atoms with Crippen LogP contribution in [0.15, 0.2) is 26.5 Å². The van der Waals surface area contributed by atoms with Crippen molar-refractivity contribution in [2.24, 2.45) is 0 Å². The maximum atomic E-state index is 10.7. The Bertz CT molecular complexity index is 523. The van der Waals surface area contributed by atoms with Gasteiger partial charge in [-0.1, -0.05) is 0 Å². The lowest BCUT2D eigenvalue weighted by molar-refractivity contribution is -0.385. The molecule has 0 radical (unpaired) electrons. The second-order valence-corrected chi connectivity index (χ2v) is 5.12. The summed E-state index contributed by atoms with van der Waals surface area (Å²) in [5.74, 6) is 0. The van der Waals surface area contributed by atoms with Crippen LogP contribution in [0, 0.1) is 10.1 Å². The van der Waals surface area contributed by atoms with Crippen LogP contribution >= 0.6 is 43.2 Å². The third kappa shape index (κ3) is 1.47. The van der Waals surface area contributed by atoms with Gasteiger partial charge < -0.3 is 0 Å². The fourth-order valence-corrected chi connectivity index (χ4v) is 3.29. The first kappa shape index (κ1) is 10.1. The Morgan fingerprint density at radius 3 is 2.71 bits per heavy atom. The standard InChI is InChI=1S/C8H3Br2NO2S/c9-6-5(11(12)13)3-4-1-2-14-8(4)7(6)10/h1-3H. The molecule has 0 aliphatic rings. The van der Waals surface area contributed by atoms with Gasteiger partial charge in [0.2, 0.25) is 0 Å². The Morgan fingerprint density at radius 2 is 2.07 bits per heavy atom. The van der Waals surface area contributed by atoms with Gasteiger partial charge in [-0.3, -0.25) is 10.1 Å². The van der Waals surface area contributed by atoms with E-state index in [1.54, 1.807) is 17.4 Å². The summed E-state index contributed by atoms with van der Waals surface area (Å²) in [6, 6.07) is 3.44. The molecule has 0 bridgehead atoms. The van der Waals surface area contributed by atoms with Gasteiger partial charge >= 0.3 is 0 Å². The highest BCUT2D eigenvalue weighted by Gasteiger charge is 2.18. The number of hydrogen-bond donors (Lipinski definition) is 0. The maximum Gasteiger partial charge on any atom is 0.285 e. The van der Waals surface area contributed by atoms with Crippen LogP contribution in [-0.4, -0.2) is 4.92 Å². The highest BCUT2D eigenvalue weighted by atomic mass is 79.9. The van der Waals surface area contributed by atoms with Gasteiger partial charge in [-0.15, -0.1) is 11.3 Å². The van der Waals surface area contributed by atoms with Crippen LogP contribution in [0.25, 0.3) is 10.1 Å². The van der Waals surface area contributed by atoms with Crippen LogP contribution in [0.2, 0.25) is 0 Å². The second-order valence-electron chi connectivity index (χ2n) is 2.62. The van der Waals surface area contributed by atoms with Gasteiger partial charge in [0.1, 0.15) is 4.47 Å². The molecule has 2 rings (SSSR count). The minimum atomic E-state index is -0.397. The molecule has 1 aromatic carbocycles. The molecule has 14 heavy (non-hydrogen) atoms. The minimum absolute atomic E-state index is 0.0859. The predicted octanol–water partition coefficient (Wildman–Crippen LogP) is 4.33. The fraction of sp³-hybridized carbons (Fsp3) is 0. The summed E-state index contributed by atoms with van der Waals surface area (Å²) in [6.07, 6.45) is 0. The van der Waals surface area contributed by atoms with Crippen molar-refractivity contribution in [3.05, 3.63) is 36.6 Å². The van der Waals surface area contributed by atoms with Gasteiger partial charge in [-0.25, -0.2) is 0 Å². The molecule has 0 aliphatic heterocycles. The lowest BCUT2D eigenvalue weighted by Crippen LogP contribution is -1.89. The molecule has 1 aromatic heterocycles. The van der Waals surface area contributed by atoms with Gasteiger partial charge in [-0.2, -0.15) is 0 Å². The summed E-state index contributed by atoms with van der Waals surface area (Å²) < 4.78 is 2.26. The van der Waals surface area contributed by atoms with E-state index in [9.17, 15) is 10.1 Å². The summed E-state index contributed by atoms with van der Waals surface area (Å²) in [7, 11) is 0. The topological polar surface area (TPSA) is 43.1 Å². The Kier molecular flexibility index (Phi) is 2.59. The van der Waals surface area contributed by atoms with Crippen LogP contribution in [-0.2, 0) is 0 Å². The summed E-state index contributed by atoms with van der Waals surface area (Å²) in [6.45, 7) is 0. The van der Waals surface area contributed by atoms with Crippen molar-refractivity contribution in [1.29, 1.82) is 0 Å². The normalized spacial score (nSPS) is 10.7. The number of nitro benzene ring substituents is 1. The molecule has 1 heterocycles. The van der Waals surface area contributed by atoms with E-state index in [0.29, 0.717) is 4.47 Å². The summed E-state index contributed by atoms with van der Waals surface area (Å²) in [4.78, 5) is 10.3.